The van der Waals surface area contributed by atoms with Crippen LogP contribution in [-0.4, -0.2) is 96.5 Å². The first-order valence-corrected chi connectivity index (χ1v) is 15.2. The molecule has 8 nitrogen and oxygen atoms in total. The number of aromatic nitrogens is 1. The summed E-state index contributed by atoms with van der Waals surface area (Å²) in [5.74, 6) is 2.27. The van der Waals surface area contributed by atoms with Gasteiger partial charge in [0.25, 0.3) is 5.91 Å². The molecule has 4 fully saturated rings. The molecule has 214 valence electrons. The lowest BCUT2D eigenvalue weighted by molar-refractivity contribution is -0.131. The highest BCUT2D eigenvalue weighted by Gasteiger charge is 2.49. The van der Waals surface area contributed by atoms with Gasteiger partial charge < -0.3 is 19.4 Å². The van der Waals surface area contributed by atoms with Gasteiger partial charge in [-0.15, -0.1) is 0 Å². The summed E-state index contributed by atoms with van der Waals surface area (Å²) in [4.78, 5) is 40.5. The molecule has 0 unspecified atom stereocenters. The molecule has 4 aliphatic heterocycles. The molecule has 4 saturated heterocycles. The minimum atomic E-state index is 0.109. The third-order valence-electron chi connectivity index (χ3n) is 9.79. The highest BCUT2D eigenvalue weighted by molar-refractivity contribution is 5.94. The van der Waals surface area contributed by atoms with Gasteiger partial charge in [-0.1, -0.05) is 12.1 Å². The summed E-state index contributed by atoms with van der Waals surface area (Å²) in [6.07, 6.45) is 10.5. The molecule has 1 aromatic heterocycles. The van der Waals surface area contributed by atoms with E-state index in [-0.39, 0.29) is 17.9 Å². The number of hydrogen-bond acceptors (Lipinski definition) is 6. The molecule has 4 aliphatic rings. The van der Waals surface area contributed by atoms with E-state index in [1.807, 2.05) is 35.2 Å². The summed E-state index contributed by atoms with van der Waals surface area (Å²) >= 11 is 0. The SMILES string of the molecule is COc1ccccc1N1CCN(C(=O)CCC[C@@H]2[C@H]3CCCN4CCC[C@@H](CN2C(=O)c2cccnc2)[C@@H]34)CC1. The van der Waals surface area contributed by atoms with Crippen LogP contribution in [0, 0.1) is 11.8 Å². The van der Waals surface area contributed by atoms with Crippen LogP contribution >= 0.6 is 0 Å². The Hall–Kier alpha value is -3.13. The number of hydrogen-bond donors (Lipinski definition) is 0. The van der Waals surface area contributed by atoms with Gasteiger partial charge in [0, 0.05) is 63.6 Å². The van der Waals surface area contributed by atoms with Crippen molar-refractivity contribution in [2.75, 3.05) is 57.8 Å². The Morgan fingerprint density at radius 2 is 1.77 bits per heavy atom. The number of likely N-dealkylation sites (tertiary alicyclic amines) is 1. The van der Waals surface area contributed by atoms with Crippen LogP contribution in [0.25, 0.3) is 0 Å². The first-order chi connectivity index (χ1) is 19.6. The monoisotopic (exact) mass is 545 g/mol. The average molecular weight is 546 g/mol. The number of ether oxygens (including phenoxy) is 1. The Balaban J connectivity index is 1.09. The van der Waals surface area contributed by atoms with Gasteiger partial charge in [0.1, 0.15) is 5.75 Å². The summed E-state index contributed by atoms with van der Waals surface area (Å²) in [5, 5.41) is 0. The van der Waals surface area contributed by atoms with Crippen molar-refractivity contribution in [3.05, 3.63) is 54.4 Å². The van der Waals surface area contributed by atoms with Gasteiger partial charge in [0.05, 0.1) is 18.4 Å². The van der Waals surface area contributed by atoms with Crippen molar-refractivity contribution in [3.63, 3.8) is 0 Å². The second-order valence-electron chi connectivity index (χ2n) is 11.9. The molecule has 0 spiro atoms. The number of methoxy groups -OCH3 is 1. The fourth-order valence-electron chi connectivity index (χ4n) is 7.96. The molecule has 0 N–H and O–H groups in total. The Bertz CT molecular complexity index is 1170. The molecule has 40 heavy (non-hydrogen) atoms. The zero-order valence-electron chi connectivity index (χ0n) is 23.8. The smallest absolute Gasteiger partial charge is 0.255 e. The predicted octanol–water partition coefficient (Wildman–Crippen LogP) is 3.92. The number of anilines is 1. The molecule has 5 heterocycles. The molecule has 1 aromatic carbocycles. The summed E-state index contributed by atoms with van der Waals surface area (Å²) in [5.41, 5.74) is 1.77. The van der Waals surface area contributed by atoms with Gasteiger partial charge >= 0.3 is 0 Å². The normalized spacial score (nSPS) is 26.8. The van der Waals surface area contributed by atoms with Crippen LogP contribution in [0.1, 0.15) is 55.3 Å². The van der Waals surface area contributed by atoms with Gasteiger partial charge in [-0.3, -0.25) is 19.5 Å². The molecular formula is C32H43N5O3. The van der Waals surface area contributed by atoms with E-state index in [1.165, 1.54) is 38.8 Å². The fraction of sp³-hybridized carbons (Fsp3) is 0.594. The largest absolute Gasteiger partial charge is 0.495 e. The number of carbonyl (C=O) groups is 2. The second-order valence-corrected chi connectivity index (χ2v) is 11.9. The maximum absolute atomic E-state index is 13.8. The highest BCUT2D eigenvalue weighted by Crippen LogP contribution is 2.43. The van der Waals surface area contributed by atoms with E-state index in [9.17, 15) is 9.59 Å². The maximum atomic E-state index is 13.8. The number of nitrogens with zero attached hydrogens (tertiary/aromatic N) is 5. The van der Waals surface area contributed by atoms with Crippen LogP contribution in [0.3, 0.4) is 0 Å². The molecule has 4 atom stereocenters. The van der Waals surface area contributed by atoms with Crippen molar-refractivity contribution in [3.8, 4) is 5.75 Å². The van der Waals surface area contributed by atoms with Gasteiger partial charge in [-0.05, 0) is 87.7 Å². The number of amides is 2. The molecule has 2 amide bonds. The summed E-state index contributed by atoms with van der Waals surface area (Å²) in [6.45, 7) is 6.29. The van der Waals surface area contributed by atoms with E-state index >= 15 is 0 Å². The van der Waals surface area contributed by atoms with E-state index in [0.717, 1.165) is 57.0 Å². The van der Waals surface area contributed by atoms with Crippen molar-refractivity contribution in [2.24, 2.45) is 11.8 Å². The van der Waals surface area contributed by atoms with Gasteiger partial charge in [0.15, 0.2) is 0 Å². The van der Waals surface area contributed by atoms with Crippen molar-refractivity contribution in [1.82, 2.24) is 19.7 Å². The standard InChI is InChI=1S/C32H43N5O3/c1-40-29-13-3-2-11-28(29)34-18-20-35(21-19-34)30(38)14-4-12-27-26-10-7-17-36-16-6-9-25(31(26)36)23-37(27)32(39)24-8-5-15-33-22-24/h2-3,5,8,11,13,15,22,25-27,31H,4,6-7,9-10,12,14,16-21,23H2,1H3/t25-,26+,27+,31-/m0/s1. The molecule has 2 aromatic rings. The zero-order valence-corrected chi connectivity index (χ0v) is 23.8. The highest BCUT2D eigenvalue weighted by atomic mass is 16.5. The van der Waals surface area contributed by atoms with E-state index < -0.39 is 0 Å². The third kappa shape index (κ3) is 5.42. The second kappa shape index (κ2) is 12.2. The number of piperazine rings is 1. The zero-order chi connectivity index (χ0) is 27.5. The van der Waals surface area contributed by atoms with Gasteiger partial charge in [-0.25, -0.2) is 0 Å². The van der Waals surface area contributed by atoms with Crippen molar-refractivity contribution < 1.29 is 14.3 Å². The van der Waals surface area contributed by atoms with Crippen LogP contribution < -0.4 is 9.64 Å². The molecule has 0 radical (unpaired) electrons. The lowest BCUT2D eigenvalue weighted by Crippen LogP contribution is -2.65. The van der Waals surface area contributed by atoms with E-state index in [0.29, 0.717) is 29.9 Å². The number of benzene rings is 1. The fourth-order valence-corrected chi connectivity index (χ4v) is 7.96. The topological polar surface area (TPSA) is 69.2 Å². The predicted molar refractivity (Wildman–Crippen MR) is 156 cm³/mol. The van der Waals surface area contributed by atoms with Gasteiger partial charge in [0.2, 0.25) is 5.91 Å². The molecule has 0 aliphatic carbocycles. The Kier molecular flexibility index (Phi) is 8.23. The number of para-hydroxylation sites is 2. The van der Waals surface area contributed by atoms with Crippen LogP contribution in [0.5, 0.6) is 5.75 Å². The minimum absolute atomic E-state index is 0.109. The molecule has 0 saturated carbocycles. The first-order valence-electron chi connectivity index (χ1n) is 15.2. The maximum Gasteiger partial charge on any atom is 0.255 e. The quantitative estimate of drug-likeness (QED) is 0.525. The third-order valence-corrected chi connectivity index (χ3v) is 9.79. The Morgan fingerprint density at radius 1 is 0.975 bits per heavy atom. The van der Waals surface area contributed by atoms with E-state index in [2.05, 4.69) is 25.8 Å². The Labute approximate surface area is 238 Å². The van der Waals surface area contributed by atoms with Crippen molar-refractivity contribution >= 4 is 17.5 Å². The lowest BCUT2D eigenvalue weighted by atomic mass is 9.69. The minimum Gasteiger partial charge on any atom is -0.495 e. The first kappa shape index (κ1) is 27.1. The summed E-state index contributed by atoms with van der Waals surface area (Å²) < 4.78 is 5.54. The average Bonchev–Trinajstić information content (AvgIpc) is 3.02. The lowest BCUT2D eigenvalue weighted by Gasteiger charge is -2.57. The van der Waals surface area contributed by atoms with Crippen LogP contribution in [0.15, 0.2) is 48.8 Å². The Morgan fingerprint density at radius 3 is 2.55 bits per heavy atom. The van der Waals surface area contributed by atoms with E-state index in [1.54, 1.807) is 19.5 Å². The number of pyridine rings is 1. The number of piperidine rings is 3. The van der Waals surface area contributed by atoms with Gasteiger partial charge in [-0.2, -0.15) is 0 Å². The molecule has 0 bridgehead atoms. The van der Waals surface area contributed by atoms with Crippen LogP contribution in [0.2, 0.25) is 0 Å². The molecular weight excluding hydrogens is 502 g/mol. The van der Waals surface area contributed by atoms with E-state index in [4.69, 9.17) is 4.74 Å². The summed E-state index contributed by atoms with van der Waals surface area (Å²) in [7, 11) is 1.70. The number of carbonyl (C=O) groups excluding carboxylic acids is 2. The van der Waals surface area contributed by atoms with Crippen LogP contribution in [-0.2, 0) is 4.79 Å². The number of rotatable bonds is 7. The van der Waals surface area contributed by atoms with Crippen molar-refractivity contribution in [1.29, 1.82) is 0 Å². The summed E-state index contributed by atoms with van der Waals surface area (Å²) in [6, 6.07) is 12.6. The van der Waals surface area contributed by atoms with Crippen LogP contribution in [0.4, 0.5) is 5.69 Å². The molecule has 8 heteroatoms. The van der Waals surface area contributed by atoms with Crippen molar-refractivity contribution in [2.45, 2.75) is 57.0 Å². The molecule has 6 rings (SSSR count).